The van der Waals surface area contributed by atoms with Gasteiger partial charge in [0.2, 0.25) is 0 Å². The summed E-state index contributed by atoms with van der Waals surface area (Å²) >= 11 is 5.89. The molecule has 19 heavy (non-hydrogen) atoms. The number of halogens is 1. The SMILES string of the molecule is Clc1ccc(Oc2ccccc2N2CCCC2)cc1. The Morgan fingerprint density at radius 1 is 0.895 bits per heavy atom. The number of anilines is 1. The number of ether oxygens (including phenoxy) is 1. The molecule has 0 aliphatic carbocycles. The highest BCUT2D eigenvalue weighted by atomic mass is 35.5. The van der Waals surface area contributed by atoms with Gasteiger partial charge in [-0.15, -0.1) is 0 Å². The van der Waals surface area contributed by atoms with Gasteiger partial charge in [-0.05, 0) is 49.2 Å². The quantitative estimate of drug-likeness (QED) is 0.801. The van der Waals surface area contributed by atoms with Crippen LogP contribution in [0.1, 0.15) is 12.8 Å². The predicted molar refractivity (Wildman–Crippen MR) is 79.4 cm³/mol. The molecule has 1 heterocycles. The molecule has 0 unspecified atom stereocenters. The minimum atomic E-state index is 0.722. The van der Waals surface area contributed by atoms with Gasteiger partial charge in [-0.2, -0.15) is 0 Å². The Balaban J connectivity index is 1.85. The molecule has 1 aliphatic rings. The molecule has 1 fully saturated rings. The molecule has 2 aromatic carbocycles. The van der Waals surface area contributed by atoms with E-state index in [4.69, 9.17) is 16.3 Å². The molecule has 0 atom stereocenters. The van der Waals surface area contributed by atoms with E-state index in [-0.39, 0.29) is 0 Å². The van der Waals surface area contributed by atoms with Gasteiger partial charge in [-0.1, -0.05) is 23.7 Å². The minimum Gasteiger partial charge on any atom is -0.455 e. The lowest BCUT2D eigenvalue weighted by molar-refractivity contribution is 0.482. The number of para-hydroxylation sites is 2. The molecular formula is C16H16ClNO. The van der Waals surface area contributed by atoms with Crippen LogP contribution in [0.4, 0.5) is 5.69 Å². The number of hydrogen-bond acceptors (Lipinski definition) is 2. The highest BCUT2D eigenvalue weighted by Crippen LogP contribution is 2.34. The molecule has 1 aliphatic heterocycles. The Kier molecular flexibility index (Phi) is 3.60. The van der Waals surface area contributed by atoms with Gasteiger partial charge in [0.05, 0.1) is 5.69 Å². The first-order valence-corrected chi connectivity index (χ1v) is 6.98. The van der Waals surface area contributed by atoms with Gasteiger partial charge in [-0.25, -0.2) is 0 Å². The fourth-order valence-electron chi connectivity index (χ4n) is 2.39. The van der Waals surface area contributed by atoms with Gasteiger partial charge in [0.25, 0.3) is 0 Å². The maximum absolute atomic E-state index is 5.98. The average Bonchev–Trinajstić information content (AvgIpc) is 2.96. The molecule has 0 saturated carbocycles. The summed E-state index contributed by atoms with van der Waals surface area (Å²) in [7, 11) is 0. The molecule has 3 heteroatoms. The number of benzene rings is 2. The van der Waals surface area contributed by atoms with E-state index in [0.717, 1.165) is 29.6 Å². The van der Waals surface area contributed by atoms with Crippen LogP contribution in [0.5, 0.6) is 11.5 Å². The Morgan fingerprint density at radius 3 is 2.32 bits per heavy atom. The van der Waals surface area contributed by atoms with Crippen LogP contribution in [0.15, 0.2) is 48.5 Å². The largest absolute Gasteiger partial charge is 0.455 e. The zero-order valence-corrected chi connectivity index (χ0v) is 11.4. The number of nitrogens with zero attached hydrogens (tertiary/aromatic N) is 1. The molecule has 0 spiro atoms. The fourth-order valence-corrected chi connectivity index (χ4v) is 2.52. The lowest BCUT2D eigenvalue weighted by Gasteiger charge is -2.21. The van der Waals surface area contributed by atoms with Crippen LogP contribution in [-0.4, -0.2) is 13.1 Å². The van der Waals surface area contributed by atoms with E-state index in [1.165, 1.54) is 18.5 Å². The summed E-state index contributed by atoms with van der Waals surface area (Å²) < 4.78 is 5.98. The summed E-state index contributed by atoms with van der Waals surface area (Å²) in [4.78, 5) is 2.38. The van der Waals surface area contributed by atoms with Gasteiger partial charge in [0, 0.05) is 18.1 Å². The van der Waals surface area contributed by atoms with E-state index in [1.807, 2.05) is 36.4 Å². The summed E-state index contributed by atoms with van der Waals surface area (Å²) in [5.74, 6) is 1.72. The van der Waals surface area contributed by atoms with Crippen LogP contribution in [0.3, 0.4) is 0 Å². The number of hydrogen-bond donors (Lipinski definition) is 0. The van der Waals surface area contributed by atoms with Gasteiger partial charge in [0.15, 0.2) is 5.75 Å². The Labute approximate surface area is 118 Å². The van der Waals surface area contributed by atoms with Gasteiger partial charge < -0.3 is 9.64 Å². The standard InChI is InChI=1S/C16H16ClNO/c17-13-7-9-14(10-8-13)19-16-6-2-1-5-15(16)18-11-3-4-12-18/h1-2,5-10H,3-4,11-12H2. The van der Waals surface area contributed by atoms with E-state index in [9.17, 15) is 0 Å². The lowest BCUT2D eigenvalue weighted by atomic mass is 10.2. The lowest BCUT2D eigenvalue weighted by Crippen LogP contribution is -2.18. The third-order valence-electron chi connectivity index (χ3n) is 3.35. The van der Waals surface area contributed by atoms with Crippen molar-refractivity contribution in [3.8, 4) is 11.5 Å². The van der Waals surface area contributed by atoms with E-state index >= 15 is 0 Å². The van der Waals surface area contributed by atoms with Crippen LogP contribution in [0.2, 0.25) is 5.02 Å². The summed E-state index contributed by atoms with van der Waals surface area (Å²) in [6, 6.07) is 15.7. The summed E-state index contributed by atoms with van der Waals surface area (Å²) in [6.45, 7) is 2.22. The maximum atomic E-state index is 5.98. The van der Waals surface area contributed by atoms with Crippen molar-refractivity contribution < 1.29 is 4.74 Å². The van der Waals surface area contributed by atoms with Crippen molar-refractivity contribution in [1.29, 1.82) is 0 Å². The molecule has 0 N–H and O–H groups in total. The van der Waals surface area contributed by atoms with Crippen molar-refractivity contribution in [2.24, 2.45) is 0 Å². The third-order valence-corrected chi connectivity index (χ3v) is 3.61. The van der Waals surface area contributed by atoms with Crippen LogP contribution in [0.25, 0.3) is 0 Å². The van der Waals surface area contributed by atoms with Crippen molar-refractivity contribution in [3.05, 3.63) is 53.6 Å². The zero-order chi connectivity index (χ0) is 13.1. The highest BCUT2D eigenvalue weighted by Gasteiger charge is 2.16. The molecule has 0 amide bonds. The third kappa shape index (κ3) is 2.85. The molecule has 3 rings (SSSR count). The van der Waals surface area contributed by atoms with Crippen molar-refractivity contribution in [2.75, 3.05) is 18.0 Å². The Bertz CT molecular complexity index is 547. The van der Waals surface area contributed by atoms with Crippen molar-refractivity contribution in [1.82, 2.24) is 0 Å². The molecular weight excluding hydrogens is 258 g/mol. The topological polar surface area (TPSA) is 12.5 Å². The van der Waals surface area contributed by atoms with Gasteiger partial charge in [0.1, 0.15) is 5.75 Å². The molecule has 0 radical (unpaired) electrons. The van der Waals surface area contributed by atoms with Gasteiger partial charge in [-0.3, -0.25) is 0 Å². The van der Waals surface area contributed by atoms with Crippen LogP contribution in [-0.2, 0) is 0 Å². The second kappa shape index (κ2) is 5.54. The summed E-state index contributed by atoms with van der Waals surface area (Å²) in [5.41, 5.74) is 1.18. The molecule has 98 valence electrons. The second-order valence-corrected chi connectivity index (χ2v) is 5.15. The molecule has 2 nitrogen and oxygen atoms in total. The molecule has 2 aromatic rings. The second-order valence-electron chi connectivity index (χ2n) is 4.72. The van der Waals surface area contributed by atoms with E-state index in [2.05, 4.69) is 17.0 Å². The van der Waals surface area contributed by atoms with Gasteiger partial charge >= 0.3 is 0 Å². The first-order valence-electron chi connectivity index (χ1n) is 6.60. The smallest absolute Gasteiger partial charge is 0.150 e. The van der Waals surface area contributed by atoms with E-state index in [1.54, 1.807) is 0 Å². The first kappa shape index (κ1) is 12.4. The van der Waals surface area contributed by atoms with Crippen LogP contribution in [0, 0.1) is 0 Å². The Morgan fingerprint density at radius 2 is 1.58 bits per heavy atom. The van der Waals surface area contributed by atoms with E-state index in [0.29, 0.717) is 0 Å². The van der Waals surface area contributed by atoms with Crippen molar-refractivity contribution in [2.45, 2.75) is 12.8 Å². The van der Waals surface area contributed by atoms with Crippen LogP contribution < -0.4 is 9.64 Å². The van der Waals surface area contributed by atoms with Crippen LogP contribution >= 0.6 is 11.6 Å². The van der Waals surface area contributed by atoms with E-state index < -0.39 is 0 Å². The normalized spacial score (nSPS) is 14.7. The maximum Gasteiger partial charge on any atom is 0.150 e. The monoisotopic (exact) mass is 273 g/mol. The molecule has 1 saturated heterocycles. The van der Waals surface area contributed by atoms with Crippen molar-refractivity contribution in [3.63, 3.8) is 0 Å². The first-order chi connectivity index (χ1) is 9.33. The Hall–Kier alpha value is -1.67. The molecule has 0 aromatic heterocycles. The average molecular weight is 274 g/mol. The predicted octanol–water partition coefficient (Wildman–Crippen LogP) is 4.73. The minimum absolute atomic E-state index is 0.722. The highest BCUT2D eigenvalue weighted by molar-refractivity contribution is 6.30. The zero-order valence-electron chi connectivity index (χ0n) is 10.7. The summed E-state index contributed by atoms with van der Waals surface area (Å²) in [6.07, 6.45) is 2.52. The van der Waals surface area contributed by atoms with Crippen molar-refractivity contribution >= 4 is 17.3 Å². The summed E-state index contributed by atoms with van der Waals surface area (Å²) in [5, 5.41) is 0.722. The fraction of sp³-hybridized carbons (Fsp3) is 0.250. The number of rotatable bonds is 3. The molecule has 0 bridgehead atoms.